The first-order chi connectivity index (χ1) is 9.72. The van der Waals surface area contributed by atoms with Crippen molar-refractivity contribution in [2.45, 2.75) is 31.3 Å². The zero-order chi connectivity index (χ0) is 13.9. The first-order valence-corrected chi connectivity index (χ1v) is 8.07. The molecule has 1 aromatic rings. The van der Waals surface area contributed by atoms with Gasteiger partial charge in [-0.25, -0.2) is 0 Å². The standard InChI is InChI=1S/C16H24ClN3/c17-14-3-1-2-13(12-14)16(18)6-7-19-8-10-20(11-9-19)15-4-5-15/h1-3,12,15-16H,4-11,18H2. The van der Waals surface area contributed by atoms with Crippen LogP contribution in [0.15, 0.2) is 24.3 Å². The van der Waals surface area contributed by atoms with Crippen molar-refractivity contribution in [2.24, 2.45) is 5.73 Å². The first kappa shape index (κ1) is 14.3. The Morgan fingerprint density at radius 2 is 1.95 bits per heavy atom. The summed E-state index contributed by atoms with van der Waals surface area (Å²) in [5.74, 6) is 0. The molecule has 110 valence electrons. The molecule has 1 aromatic carbocycles. The fraction of sp³-hybridized carbons (Fsp3) is 0.625. The van der Waals surface area contributed by atoms with Crippen molar-refractivity contribution in [1.29, 1.82) is 0 Å². The second kappa shape index (κ2) is 6.44. The maximum Gasteiger partial charge on any atom is 0.0409 e. The van der Waals surface area contributed by atoms with E-state index in [0.717, 1.165) is 29.6 Å². The highest BCUT2D eigenvalue weighted by atomic mass is 35.5. The smallest absolute Gasteiger partial charge is 0.0409 e. The van der Waals surface area contributed by atoms with Crippen molar-refractivity contribution >= 4 is 11.6 Å². The molecule has 1 atom stereocenters. The number of halogens is 1. The van der Waals surface area contributed by atoms with Gasteiger partial charge in [-0.3, -0.25) is 4.90 Å². The van der Waals surface area contributed by atoms with Gasteiger partial charge in [0, 0.05) is 49.8 Å². The van der Waals surface area contributed by atoms with E-state index in [-0.39, 0.29) is 6.04 Å². The molecule has 0 aromatic heterocycles. The van der Waals surface area contributed by atoms with E-state index in [4.69, 9.17) is 17.3 Å². The molecule has 1 unspecified atom stereocenters. The number of nitrogens with zero attached hydrogens (tertiary/aromatic N) is 2. The summed E-state index contributed by atoms with van der Waals surface area (Å²) in [6.45, 7) is 5.94. The highest BCUT2D eigenvalue weighted by molar-refractivity contribution is 6.30. The summed E-state index contributed by atoms with van der Waals surface area (Å²) >= 11 is 6.02. The first-order valence-electron chi connectivity index (χ1n) is 7.70. The minimum Gasteiger partial charge on any atom is -0.324 e. The Kier molecular flexibility index (Phi) is 4.61. The van der Waals surface area contributed by atoms with E-state index >= 15 is 0 Å². The van der Waals surface area contributed by atoms with Crippen molar-refractivity contribution < 1.29 is 0 Å². The summed E-state index contributed by atoms with van der Waals surface area (Å²) in [5.41, 5.74) is 7.42. The van der Waals surface area contributed by atoms with Crippen LogP contribution < -0.4 is 5.73 Å². The fourth-order valence-corrected chi connectivity index (χ4v) is 3.22. The maximum absolute atomic E-state index is 6.27. The largest absolute Gasteiger partial charge is 0.324 e. The van der Waals surface area contributed by atoms with Crippen molar-refractivity contribution in [1.82, 2.24) is 9.80 Å². The Morgan fingerprint density at radius 1 is 1.20 bits per heavy atom. The zero-order valence-corrected chi connectivity index (χ0v) is 12.7. The number of piperazine rings is 1. The van der Waals surface area contributed by atoms with Crippen LogP contribution in [0.2, 0.25) is 5.02 Å². The lowest BCUT2D eigenvalue weighted by atomic mass is 10.0. The van der Waals surface area contributed by atoms with E-state index in [1.165, 1.54) is 39.0 Å². The number of hydrogen-bond acceptors (Lipinski definition) is 3. The molecule has 1 saturated heterocycles. The molecule has 1 aliphatic heterocycles. The van der Waals surface area contributed by atoms with Crippen molar-refractivity contribution in [2.75, 3.05) is 32.7 Å². The third-order valence-electron chi connectivity index (χ3n) is 4.50. The Morgan fingerprint density at radius 3 is 2.60 bits per heavy atom. The lowest BCUT2D eigenvalue weighted by molar-refractivity contribution is 0.124. The van der Waals surface area contributed by atoms with Gasteiger partial charge in [0.05, 0.1) is 0 Å². The molecule has 20 heavy (non-hydrogen) atoms. The minimum absolute atomic E-state index is 0.0927. The molecule has 2 fully saturated rings. The highest BCUT2D eigenvalue weighted by Crippen LogP contribution is 2.27. The third-order valence-corrected chi connectivity index (χ3v) is 4.74. The summed E-state index contributed by atoms with van der Waals surface area (Å²) in [6, 6.07) is 8.93. The van der Waals surface area contributed by atoms with Crippen LogP contribution in [0.5, 0.6) is 0 Å². The summed E-state index contributed by atoms with van der Waals surface area (Å²) < 4.78 is 0. The average molecular weight is 294 g/mol. The van der Waals surface area contributed by atoms with E-state index < -0.39 is 0 Å². The Balaban J connectivity index is 1.43. The van der Waals surface area contributed by atoms with E-state index in [0.29, 0.717) is 0 Å². The molecular weight excluding hydrogens is 270 g/mol. The lowest BCUT2D eigenvalue weighted by Crippen LogP contribution is -2.47. The van der Waals surface area contributed by atoms with Crippen LogP contribution in [0.4, 0.5) is 0 Å². The Bertz CT molecular complexity index is 439. The summed E-state index contributed by atoms with van der Waals surface area (Å²) in [6.07, 6.45) is 3.84. The van der Waals surface area contributed by atoms with Crippen LogP contribution in [-0.4, -0.2) is 48.6 Å². The van der Waals surface area contributed by atoms with Crippen molar-refractivity contribution in [3.63, 3.8) is 0 Å². The molecule has 2 N–H and O–H groups in total. The van der Waals surface area contributed by atoms with Crippen LogP contribution in [0.3, 0.4) is 0 Å². The number of rotatable bonds is 5. The van der Waals surface area contributed by atoms with Crippen LogP contribution in [-0.2, 0) is 0 Å². The molecule has 0 radical (unpaired) electrons. The summed E-state index contributed by atoms with van der Waals surface area (Å²) in [7, 11) is 0. The van der Waals surface area contributed by atoms with Crippen molar-refractivity contribution in [3.8, 4) is 0 Å². The monoisotopic (exact) mass is 293 g/mol. The number of nitrogens with two attached hydrogens (primary N) is 1. The number of benzene rings is 1. The van der Waals surface area contributed by atoms with Gasteiger partial charge in [0.2, 0.25) is 0 Å². The molecule has 3 rings (SSSR count). The van der Waals surface area contributed by atoms with Gasteiger partial charge >= 0.3 is 0 Å². The maximum atomic E-state index is 6.27. The Hall–Kier alpha value is -0.610. The van der Waals surface area contributed by atoms with E-state index in [1.807, 2.05) is 18.2 Å². The predicted octanol–water partition coefficient (Wildman–Crippen LogP) is 2.51. The zero-order valence-electron chi connectivity index (χ0n) is 12.0. The second-order valence-electron chi connectivity index (χ2n) is 6.06. The SMILES string of the molecule is NC(CCN1CCN(C2CC2)CC1)c1cccc(Cl)c1. The highest BCUT2D eigenvalue weighted by Gasteiger charge is 2.31. The van der Waals surface area contributed by atoms with Gasteiger partial charge in [0.1, 0.15) is 0 Å². The normalized spacial score (nSPS) is 22.9. The van der Waals surface area contributed by atoms with Gasteiger partial charge in [0.25, 0.3) is 0 Å². The fourth-order valence-electron chi connectivity index (χ4n) is 3.02. The third kappa shape index (κ3) is 3.73. The lowest BCUT2D eigenvalue weighted by Gasteiger charge is -2.35. The molecule has 1 saturated carbocycles. The van der Waals surface area contributed by atoms with Gasteiger partial charge in [0.15, 0.2) is 0 Å². The molecule has 0 spiro atoms. The van der Waals surface area contributed by atoms with Gasteiger partial charge < -0.3 is 10.6 Å². The van der Waals surface area contributed by atoms with Crippen LogP contribution in [0, 0.1) is 0 Å². The quantitative estimate of drug-likeness (QED) is 0.905. The van der Waals surface area contributed by atoms with Crippen LogP contribution in [0.1, 0.15) is 30.9 Å². The van der Waals surface area contributed by atoms with Gasteiger partial charge in [-0.1, -0.05) is 23.7 Å². The molecule has 2 aliphatic rings. The number of hydrogen-bond donors (Lipinski definition) is 1. The molecule has 0 bridgehead atoms. The topological polar surface area (TPSA) is 32.5 Å². The summed E-state index contributed by atoms with van der Waals surface area (Å²) in [5, 5.41) is 0.774. The molecule has 4 heteroatoms. The summed E-state index contributed by atoms with van der Waals surface area (Å²) in [4.78, 5) is 5.19. The van der Waals surface area contributed by atoms with Crippen LogP contribution in [0.25, 0.3) is 0 Å². The van der Waals surface area contributed by atoms with Crippen LogP contribution >= 0.6 is 11.6 Å². The predicted molar refractivity (Wildman–Crippen MR) is 84.0 cm³/mol. The molecule has 3 nitrogen and oxygen atoms in total. The average Bonchev–Trinajstić information content (AvgIpc) is 3.30. The van der Waals surface area contributed by atoms with Gasteiger partial charge in [-0.15, -0.1) is 0 Å². The van der Waals surface area contributed by atoms with Crippen molar-refractivity contribution in [3.05, 3.63) is 34.9 Å². The Labute approximate surface area is 126 Å². The second-order valence-corrected chi connectivity index (χ2v) is 6.50. The van der Waals surface area contributed by atoms with E-state index in [1.54, 1.807) is 0 Å². The minimum atomic E-state index is 0.0927. The molecule has 0 amide bonds. The van der Waals surface area contributed by atoms with E-state index in [9.17, 15) is 0 Å². The molecular formula is C16H24ClN3. The van der Waals surface area contributed by atoms with Gasteiger partial charge in [-0.2, -0.15) is 0 Å². The van der Waals surface area contributed by atoms with Gasteiger partial charge in [-0.05, 0) is 37.0 Å². The molecule has 1 heterocycles. The van der Waals surface area contributed by atoms with E-state index in [2.05, 4.69) is 15.9 Å². The molecule has 1 aliphatic carbocycles.